The molecule has 29 heavy (non-hydrogen) atoms. The largest absolute Gasteiger partial charge is 0.325 e. The smallest absolute Gasteiger partial charge is 0.255 e. The zero-order valence-corrected chi connectivity index (χ0v) is 17.0. The van der Waals surface area contributed by atoms with E-state index in [-0.39, 0.29) is 11.5 Å². The highest BCUT2D eigenvalue weighted by atomic mass is 32.2. The van der Waals surface area contributed by atoms with Gasteiger partial charge in [0.25, 0.3) is 5.91 Å². The molecule has 2 amide bonds. The minimum Gasteiger partial charge on any atom is -0.325 e. The summed E-state index contributed by atoms with van der Waals surface area (Å²) in [5.41, 5.74) is 1.62. The number of hydrogen-bond acceptors (Lipinski definition) is 4. The fraction of sp³-hybridized carbons (Fsp3) is 0.300. The number of sulfonamides is 1. The van der Waals surface area contributed by atoms with Crippen LogP contribution in [0.15, 0.2) is 41.3 Å². The molecule has 7 nitrogen and oxygen atoms in total. The summed E-state index contributed by atoms with van der Waals surface area (Å²) in [5.74, 6) is -1.81. The van der Waals surface area contributed by atoms with E-state index in [0.717, 1.165) is 30.5 Å². The van der Waals surface area contributed by atoms with E-state index < -0.39 is 26.6 Å². The molecule has 1 aliphatic rings. The Morgan fingerprint density at radius 3 is 2.34 bits per heavy atom. The monoisotopic (exact) mass is 419 g/mol. The molecule has 0 aliphatic carbocycles. The highest BCUT2D eigenvalue weighted by molar-refractivity contribution is 7.89. The fourth-order valence-electron chi connectivity index (χ4n) is 3.16. The Bertz CT molecular complexity index is 1060. The average molecular weight is 419 g/mol. The number of rotatable bonds is 5. The number of carbonyl (C=O) groups excluding carboxylic acids is 2. The predicted octanol–water partition coefficient (Wildman–Crippen LogP) is 3.13. The van der Waals surface area contributed by atoms with Crippen LogP contribution < -0.4 is 10.6 Å². The van der Waals surface area contributed by atoms with E-state index in [9.17, 15) is 22.4 Å². The molecule has 2 aromatic rings. The van der Waals surface area contributed by atoms with Crippen LogP contribution in [0.1, 0.15) is 35.7 Å². The van der Waals surface area contributed by atoms with Crippen LogP contribution in [-0.2, 0) is 14.8 Å². The number of amides is 2. The van der Waals surface area contributed by atoms with E-state index >= 15 is 0 Å². The van der Waals surface area contributed by atoms with Gasteiger partial charge in [-0.2, -0.15) is 4.31 Å². The van der Waals surface area contributed by atoms with Gasteiger partial charge in [0.2, 0.25) is 15.9 Å². The maximum Gasteiger partial charge on any atom is 0.255 e. The number of anilines is 2. The molecule has 2 aromatic carbocycles. The highest BCUT2D eigenvalue weighted by Gasteiger charge is 2.30. The molecule has 0 radical (unpaired) electrons. The lowest BCUT2D eigenvalue weighted by molar-refractivity contribution is -0.114. The van der Waals surface area contributed by atoms with Crippen molar-refractivity contribution in [1.29, 1.82) is 0 Å². The second-order valence-corrected chi connectivity index (χ2v) is 8.85. The summed E-state index contributed by atoms with van der Waals surface area (Å²) in [7, 11) is -4.01. The molecule has 0 aromatic heterocycles. The first-order valence-corrected chi connectivity index (χ1v) is 10.6. The van der Waals surface area contributed by atoms with Crippen molar-refractivity contribution >= 4 is 33.2 Å². The quantitative estimate of drug-likeness (QED) is 0.778. The lowest BCUT2D eigenvalue weighted by Crippen LogP contribution is -2.29. The van der Waals surface area contributed by atoms with Gasteiger partial charge in [0.15, 0.2) is 0 Å². The van der Waals surface area contributed by atoms with Crippen LogP contribution in [0.3, 0.4) is 0 Å². The van der Waals surface area contributed by atoms with Gasteiger partial charge in [-0.25, -0.2) is 12.8 Å². The molecule has 0 spiro atoms. The highest BCUT2D eigenvalue weighted by Crippen LogP contribution is 2.26. The van der Waals surface area contributed by atoms with Crippen LogP contribution in [0.25, 0.3) is 0 Å². The van der Waals surface area contributed by atoms with Crippen molar-refractivity contribution in [2.45, 2.75) is 31.6 Å². The Hall–Kier alpha value is -2.78. The van der Waals surface area contributed by atoms with Crippen molar-refractivity contribution in [3.8, 4) is 0 Å². The normalized spacial score (nSPS) is 14.6. The summed E-state index contributed by atoms with van der Waals surface area (Å²) in [6.45, 7) is 3.84. The van der Waals surface area contributed by atoms with E-state index in [0.29, 0.717) is 24.5 Å². The summed E-state index contributed by atoms with van der Waals surface area (Å²) < 4.78 is 40.9. The number of hydrogen-bond donors (Lipinski definition) is 2. The summed E-state index contributed by atoms with van der Waals surface area (Å²) in [4.78, 5) is 23.6. The van der Waals surface area contributed by atoms with Crippen molar-refractivity contribution in [1.82, 2.24) is 4.31 Å². The molecule has 0 atom stereocenters. The van der Waals surface area contributed by atoms with Crippen LogP contribution >= 0.6 is 0 Å². The van der Waals surface area contributed by atoms with Gasteiger partial charge < -0.3 is 10.6 Å². The lowest BCUT2D eigenvalue weighted by atomic mass is 10.1. The molecule has 0 saturated carbocycles. The number of aryl methyl sites for hydroxylation is 1. The number of carbonyl (C=O) groups is 2. The van der Waals surface area contributed by atoms with Crippen molar-refractivity contribution in [2.24, 2.45) is 0 Å². The Morgan fingerprint density at radius 2 is 1.69 bits per heavy atom. The molecular formula is C20H22FN3O4S. The number of nitrogens with zero attached hydrogens (tertiary/aromatic N) is 1. The zero-order valence-electron chi connectivity index (χ0n) is 16.2. The van der Waals surface area contributed by atoms with Crippen molar-refractivity contribution in [3.63, 3.8) is 0 Å². The third-order valence-corrected chi connectivity index (χ3v) is 6.52. The Labute approximate surface area is 169 Å². The number of benzene rings is 2. The summed E-state index contributed by atoms with van der Waals surface area (Å²) >= 11 is 0. The minimum absolute atomic E-state index is 0.000506. The van der Waals surface area contributed by atoms with Gasteiger partial charge in [0.05, 0.1) is 11.4 Å². The van der Waals surface area contributed by atoms with Gasteiger partial charge in [0.1, 0.15) is 10.7 Å². The molecule has 1 fully saturated rings. The van der Waals surface area contributed by atoms with Crippen molar-refractivity contribution in [3.05, 3.63) is 53.3 Å². The fourth-order valence-corrected chi connectivity index (χ4v) is 4.77. The molecule has 1 heterocycles. The third-order valence-electron chi connectivity index (χ3n) is 4.61. The molecular weight excluding hydrogens is 397 g/mol. The van der Waals surface area contributed by atoms with E-state index in [4.69, 9.17) is 0 Å². The van der Waals surface area contributed by atoms with Crippen LogP contribution in [0.2, 0.25) is 0 Å². The summed E-state index contributed by atoms with van der Waals surface area (Å²) in [6, 6.07) is 8.35. The second kappa shape index (κ2) is 8.30. The first-order chi connectivity index (χ1) is 13.7. The summed E-state index contributed by atoms with van der Waals surface area (Å²) in [5, 5.41) is 5.28. The maximum absolute atomic E-state index is 14.3. The zero-order chi connectivity index (χ0) is 21.2. The topological polar surface area (TPSA) is 95.6 Å². The number of nitrogens with one attached hydrogen (secondary N) is 2. The van der Waals surface area contributed by atoms with Crippen LogP contribution in [0.5, 0.6) is 0 Å². The van der Waals surface area contributed by atoms with Crippen LogP contribution in [0.4, 0.5) is 15.8 Å². The van der Waals surface area contributed by atoms with E-state index in [1.807, 2.05) is 6.92 Å². The first-order valence-electron chi connectivity index (χ1n) is 9.18. The van der Waals surface area contributed by atoms with Crippen LogP contribution in [0, 0.1) is 12.7 Å². The van der Waals surface area contributed by atoms with Gasteiger partial charge >= 0.3 is 0 Å². The Kier molecular flexibility index (Phi) is 5.99. The molecule has 1 aliphatic heterocycles. The van der Waals surface area contributed by atoms with E-state index in [1.54, 1.807) is 18.2 Å². The molecule has 0 unspecified atom stereocenters. The molecule has 9 heteroatoms. The van der Waals surface area contributed by atoms with Gasteiger partial charge in [-0.3, -0.25) is 9.59 Å². The molecule has 154 valence electrons. The minimum atomic E-state index is -4.01. The third kappa shape index (κ3) is 4.63. The Balaban J connectivity index is 1.91. The average Bonchev–Trinajstić information content (AvgIpc) is 3.19. The van der Waals surface area contributed by atoms with Crippen LogP contribution in [-0.4, -0.2) is 37.6 Å². The maximum atomic E-state index is 14.3. The standard InChI is InChI=1S/C20H22FN3O4S/c1-13-5-8-17(22-14(2)25)18(11-13)23-20(26)15-6-7-16(21)19(12-15)29(27,28)24-9-3-4-10-24/h5-8,11-12H,3-4,9-10H2,1-2H3,(H,22,25)(H,23,26). The predicted molar refractivity (Wildman–Crippen MR) is 108 cm³/mol. The Morgan fingerprint density at radius 1 is 1.00 bits per heavy atom. The molecule has 2 N–H and O–H groups in total. The van der Waals surface area contributed by atoms with Crippen molar-refractivity contribution < 1.29 is 22.4 Å². The first kappa shape index (κ1) is 20.9. The van der Waals surface area contributed by atoms with E-state index in [1.165, 1.54) is 17.3 Å². The second-order valence-electron chi connectivity index (χ2n) is 6.94. The molecule has 1 saturated heterocycles. The molecule has 3 rings (SSSR count). The van der Waals surface area contributed by atoms with Crippen molar-refractivity contribution in [2.75, 3.05) is 23.7 Å². The SMILES string of the molecule is CC(=O)Nc1ccc(C)cc1NC(=O)c1ccc(F)c(S(=O)(=O)N2CCCC2)c1. The van der Waals surface area contributed by atoms with Gasteiger partial charge in [0, 0.05) is 25.6 Å². The summed E-state index contributed by atoms with van der Waals surface area (Å²) in [6.07, 6.45) is 1.45. The molecule has 0 bridgehead atoms. The number of halogens is 1. The van der Waals surface area contributed by atoms with Gasteiger partial charge in [-0.15, -0.1) is 0 Å². The van der Waals surface area contributed by atoms with E-state index in [2.05, 4.69) is 10.6 Å². The lowest BCUT2D eigenvalue weighted by Gasteiger charge is -2.17. The van der Waals surface area contributed by atoms with Gasteiger partial charge in [-0.1, -0.05) is 6.07 Å². The van der Waals surface area contributed by atoms with Gasteiger partial charge in [-0.05, 0) is 55.7 Å².